The highest BCUT2D eigenvalue weighted by Crippen LogP contribution is 2.17. The molecule has 1 aliphatic heterocycles. The number of nitrogen functional groups attached to an aromatic ring is 1. The van der Waals surface area contributed by atoms with E-state index in [-0.39, 0.29) is 18.1 Å². The van der Waals surface area contributed by atoms with Crippen molar-refractivity contribution >= 4 is 11.6 Å². The van der Waals surface area contributed by atoms with Crippen molar-refractivity contribution in [3.05, 3.63) is 24.3 Å². The number of benzene rings is 1. The van der Waals surface area contributed by atoms with E-state index >= 15 is 0 Å². The second-order valence-corrected chi connectivity index (χ2v) is 5.42. The number of ether oxygens (including phenoxy) is 2. The highest BCUT2D eigenvalue weighted by molar-refractivity contribution is 5.76. The number of nitrogens with two attached hydrogens (primary N) is 1. The maximum atomic E-state index is 12.3. The average Bonchev–Trinajstić information content (AvgIpc) is 2.47. The maximum absolute atomic E-state index is 12.3. The van der Waals surface area contributed by atoms with Gasteiger partial charge in [0.1, 0.15) is 5.75 Å². The third-order valence-corrected chi connectivity index (χ3v) is 3.70. The normalized spacial score (nSPS) is 22.1. The highest BCUT2D eigenvalue weighted by Gasteiger charge is 2.28. The molecule has 2 rings (SSSR count). The van der Waals surface area contributed by atoms with Crippen LogP contribution in [0, 0.1) is 0 Å². The van der Waals surface area contributed by atoms with E-state index in [9.17, 15) is 4.79 Å². The molecule has 0 spiro atoms. The van der Waals surface area contributed by atoms with Crippen LogP contribution in [0.4, 0.5) is 5.69 Å². The number of morpholine rings is 1. The first-order valence-corrected chi connectivity index (χ1v) is 7.49. The van der Waals surface area contributed by atoms with E-state index in [0.29, 0.717) is 37.6 Å². The van der Waals surface area contributed by atoms with Gasteiger partial charge >= 0.3 is 0 Å². The van der Waals surface area contributed by atoms with Gasteiger partial charge in [0, 0.05) is 18.3 Å². The molecule has 0 aromatic heterocycles. The average molecular weight is 292 g/mol. The van der Waals surface area contributed by atoms with Gasteiger partial charge in [0.15, 0.2) is 0 Å². The molecule has 2 atom stereocenters. The predicted molar refractivity (Wildman–Crippen MR) is 82.2 cm³/mol. The Balaban J connectivity index is 1.83. The van der Waals surface area contributed by atoms with Gasteiger partial charge < -0.3 is 20.1 Å². The molecule has 1 fully saturated rings. The van der Waals surface area contributed by atoms with Crippen LogP contribution in [0.2, 0.25) is 0 Å². The molecule has 5 nitrogen and oxygen atoms in total. The van der Waals surface area contributed by atoms with E-state index in [1.807, 2.05) is 24.0 Å². The summed E-state index contributed by atoms with van der Waals surface area (Å²) in [6, 6.07) is 7.42. The Morgan fingerprint density at radius 1 is 1.52 bits per heavy atom. The second kappa shape index (κ2) is 7.31. The smallest absolute Gasteiger partial charge is 0.226 e. The number of carbonyl (C=O) groups is 1. The van der Waals surface area contributed by atoms with Crippen molar-refractivity contribution in [3.63, 3.8) is 0 Å². The number of hydrogen-bond acceptors (Lipinski definition) is 4. The molecule has 2 unspecified atom stereocenters. The van der Waals surface area contributed by atoms with Gasteiger partial charge in [0.05, 0.1) is 31.8 Å². The maximum Gasteiger partial charge on any atom is 0.226 e. The van der Waals surface area contributed by atoms with E-state index in [1.165, 1.54) is 0 Å². The molecule has 0 saturated carbocycles. The van der Waals surface area contributed by atoms with Crippen LogP contribution in [0.1, 0.15) is 26.7 Å². The highest BCUT2D eigenvalue weighted by atomic mass is 16.5. The van der Waals surface area contributed by atoms with Gasteiger partial charge in [-0.3, -0.25) is 4.79 Å². The van der Waals surface area contributed by atoms with Crippen molar-refractivity contribution in [2.75, 3.05) is 25.5 Å². The van der Waals surface area contributed by atoms with Gasteiger partial charge in [-0.15, -0.1) is 0 Å². The molecule has 21 heavy (non-hydrogen) atoms. The molecule has 1 aromatic rings. The fourth-order valence-electron chi connectivity index (χ4n) is 2.49. The summed E-state index contributed by atoms with van der Waals surface area (Å²) in [5, 5.41) is 0. The van der Waals surface area contributed by atoms with Crippen molar-refractivity contribution in [3.8, 4) is 5.75 Å². The van der Waals surface area contributed by atoms with Gasteiger partial charge in [0.25, 0.3) is 0 Å². The summed E-state index contributed by atoms with van der Waals surface area (Å²) < 4.78 is 11.2. The Morgan fingerprint density at radius 3 is 3.05 bits per heavy atom. The molecule has 2 N–H and O–H groups in total. The molecule has 5 heteroatoms. The number of nitrogens with zero attached hydrogens (tertiary/aromatic N) is 1. The monoisotopic (exact) mass is 292 g/mol. The van der Waals surface area contributed by atoms with Crippen LogP contribution in [-0.4, -0.2) is 42.7 Å². The van der Waals surface area contributed by atoms with Crippen LogP contribution in [-0.2, 0) is 9.53 Å². The first-order chi connectivity index (χ1) is 10.1. The first-order valence-electron chi connectivity index (χ1n) is 7.49. The zero-order valence-corrected chi connectivity index (χ0v) is 12.7. The molecule has 1 saturated heterocycles. The van der Waals surface area contributed by atoms with Crippen molar-refractivity contribution in [2.24, 2.45) is 0 Å². The van der Waals surface area contributed by atoms with E-state index in [0.717, 1.165) is 6.42 Å². The zero-order valence-electron chi connectivity index (χ0n) is 12.7. The number of hydrogen-bond donors (Lipinski definition) is 1. The van der Waals surface area contributed by atoms with Gasteiger partial charge in [-0.25, -0.2) is 0 Å². The standard InChI is InChI=1S/C16H24N2O3/c1-3-14-11-21-12(2)10-18(14)16(19)7-8-20-15-6-4-5-13(17)9-15/h4-6,9,12,14H,3,7-8,10-11,17H2,1-2H3. The SMILES string of the molecule is CCC1COC(C)CN1C(=O)CCOc1cccc(N)c1. The minimum Gasteiger partial charge on any atom is -0.493 e. The lowest BCUT2D eigenvalue weighted by Crippen LogP contribution is -2.51. The molecule has 0 radical (unpaired) electrons. The van der Waals surface area contributed by atoms with Gasteiger partial charge in [-0.2, -0.15) is 0 Å². The second-order valence-electron chi connectivity index (χ2n) is 5.42. The van der Waals surface area contributed by atoms with Crippen LogP contribution < -0.4 is 10.5 Å². The largest absolute Gasteiger partial charge is 0.493 e. The quantitative estimate of drug-likeness (QED) is 0.844. The topological polar surface area (TPSA) is 64.8 Å². The Morgan fingerprint density at radius 2 is 2.33 bits per heavy atom. The molecule has 0 bridgehead atoms. The third kappa shape index (κ3) is 4.36. The fraction of sp³-hybridized carbons (Fsp3) is 0.562. The van der Waals surface area contributed by atoms with Gasteiger partial charge in [0.2, 0.25) is 5.91 Å². The summed E-state index contributed by atoms with van der Waals surface area (Å²) in [6.45, 7) is 5.72. The molecular formula is C16H24N2O3. The molecule has 1 aliphatic rings. The first kappa shape index (κ1) is 15.6. The summed E-state index contributed by atoms with van der Waals surface area (Å²) >= 11 is 0. The summed E-state index contributed by atoms with van der Waals surface area (Å²) in [6.07, 6.45) is 1.39. The van der Waals surface area contributed by atoms with Crippen molar-refractivity contribution < 1.29 is 14.3 Å². The van der Waals surface area contributed by atoms with Gasteiger partial charge in [-0.05, 0) is 25.5 Å². The number of amides is 1. The summed E-state index contributed by atoms with van der Waals surface area (Å²) in [7, 11) is 0. The third-order valence-electron chi connectivity index (χ3n) is 3.70. The Hall–Kier alpha value is -1.75. The summed E-state index contributed by atoms with van der Waals surface area (Å²) in [5.41, 5.74) is 6.35. The minimum absolute atomic E-state index is 0.103. The molecule has 1 amide bonds. The van der Waals surface area contributed by atoms with Gasteiger partial charge in [-0.1, -0.05) is 13.0 Å². The summed E-state index contributed by atoms with van der Waals surface area (Å²) in [4.78, 5) is 14.3. The lowest BCUT2D eigenvalue weighted by Gasteiger charge is -2.38. The lowest BCUT2D eigenvalue weighted by molar-refractivity contribution is -0.144. The number of rotatable bonds is 5. The number of carbonyl (C=O) groups excluding carboxylic acids is 1. The Bertz CT molecular complexity index is 478. The van der Waals surface area contributed by atoms with E-state index in [2.05, 4.69) is 6.92 Å². The van der Waals surface area contributed by atoms with E-state index in [4.69, 9.17) is 15.2 Å². The van der Waals surface area contributed by atoms with Crippen LogP contribution in [0.15, 0.2) is 24.3 Å². The minimum atomic E-state index is 0.103. The Labute approximate surface area is 126 Å². The zero-order chi connectivity index (χ0) is 15.2. The lowest BCUT2D eigenvalue weighted by atomic mass is 10.1. The predicted octanol–water partition coefficient (Wildman–Crippen LogP) is 2.06. The Kier molecular flexibility index (Phi) is 5.44. The van der Waals surface area contributed by atoms with Crippen molar-refractivity contribution in [1.82, 2.24) is 4.90 Å². The molecule has 1 aromatic carbocycles. The molecule has 0 aliphatic carbocycles. The van der Waals surface area contributed by atoms with Crippen molar-refractivity contribution in [2.45, 2.75) is 38.8 Å². The van der Waals surface area contributed by atoms with Crippen molar-refractivity contribution in [1.29, 1.82) is 0 Å². The molecule has 116 valence electrons. The number of anilines is 1. The van der Waals surface area contributed by atoms with Crippen LogP contribution >= 0.6 is 0 Å². The van der Waals surface area contributed by atoms with Crippen LogP contribution in [0.3, 0.4) is 0 Å². The van der Waals surface area contributed by atoms with E-state index < -0.39 is 0 Å². The fourth-order valence-corrected chi connectivity index (χ4v) is 2.49. The van der Waals surface area contributed by atoms with E-state index in [1.54, 1.807) is 12.1 Å². The van der Waals surface area contributed by atoms with Crippen LogP contribution in [0.25, 0.3) is 0 Å². The molecule has 1 heterocycles. The van der Waals surface area contributed by atoms with Crippen LogP contribution in [0.5, 0.6) is 5.75 Å². The molecular weight excluding hydrogens is 268 g/mol. The summed E-state index contributed by atoms with van der Waals surface area (Å²) in [5.74, 6) is 0.825.